The molecule has 0 heterocycles. The largest absolute Gasteiger partial charge is 0.490 e. The Balaban J connectivity index is 2.02. The van der Waals surface area contributed by atoms with Gasteiger partial charge in [-0.15, -0.1) is 0 Å². The third-order valence-corrected chi connectivity index (χ3v) is 3.16. The second-order valence-corrected chi connectivity index (χ2v) is 5.37. The Hall–Kier alpha value is -1.06. The molecule has 2 rings (SSSR count). The third kappa shape index (κ3) is 3.72. The molecule has 3 nitrogen and oxygen atoms in total. The first kappa shape index (κ1) is 13.4. The van der Waals surface area contributed by atoms with Gasteiger partial charge in [-0.25, -0.2) is 0 Å². The van der Waals surface area contributed by atoms with Crippen LogP contribution in [0.15, 0.2) is 12.1 Å². The number of aliphatic hydroxyl groups is 1. The maximum Gasteiger partial charge on any atom is 0.125 e. The van der Waals surface area contributed by atoms with Gasteiger partial charge in [-0.3, -0.25) is 0 Å². The van der Waals surface area contributed by atoms with Gasteiger partial charge in [0.25, 0.3) is 0 Å². The molecule has 0 spiro atoms. The number of nitrogens with one attached hydrogen (secondary N) is 1. The number of ether oxygens (including phenoxy) is 1. The third-order valence-electron chi connectivity index (χ3n) is 3.16. The highest BCUT2D eigenvalue weighted by atomic mass is 16.5. The van der Waals surface area contributed by atoms with E-state index in [0.29, 0.717) is 6.61 Å². The van der Waals surface area contributed by atoms with Crippen molar-refractivity contribution in [2.75, 3.05) is 6.61 Å². The van der Waals surface area contributed by atoms with E-state index in [1.165, 1.54) is 18.4 Å². The van der Waals surface area contributed by atoms with Crippen LogP contribution < -0.4 is 10.1 Å². The Labute approximate surface area is 109 Å². The minimum Gasteiger partial charge on any atom is -0.490 e. The highest BCUT2D eigenvalue weighted by molar-refractivity contribution is 5.43. The van der Waals surface area contributed by atoms with Crippen LogP contribution in [0.1, 0.15) is 36.5 Å². The number of aryl methyl sites for hydroxylation is 2. The van der Waals surface area contributed by atoms with Crippen molar-refractivity contribution < 1.29 is 9.84 Å². The molecule has 2 N–H and O–H groups in total. The summed E-state index contributed by atoms with van der Waals surface area (Å²) in [5.41, 5.74) is 3.59. The van der Waals surface area contributed by atoms with Gasteiger partial charge < -0.3 is 15.2 Å². The maximum atomic E-state index is 9.27. The van der Waals surface area contributed by atoms with Crippen molar-refractivity contribution in [3.8, 4) is 5.75 Å². The average molecular weight is 249 g/mol. The van der Waals surface area contributed by atoms with Gasteiger partial charge in [0.05, 0.1) is 6.10 Å². The van der Waals surface area contributed by atoms with Gasteiger partial charge in [0, 0.05) is 12.6 Å². The van der Waals surface area contributed by atoms with E-state index in [1.807, 2.05) is 0 Å². The fraction of sp³-hybridized carbons (Fsp3) is 0.600. The summed E-state index contributed by atoms with van der Waals surface area (Å²) < 4.78 is 5.65. The van der Waals surface area contributed by atoms with Crippen LogP contribution in [-0.2, 0) is 6.54 Å². The fourth-order valence-electron chi connectivity index (χ4n) is 2.12. The quantitative estimate of drug-likeness (QED) is 0.813. The minimum absolute atomic E-state index is 0.349. The first-order valence-corrected chi connectivity index (χ1v) is 6.70. The van der Waals surface area contributed by atoms with Crippen molar-refractivity contribution >= 4 is 0 Å². The standard InChI is InChI=1S/C15H23NO2/c1-10-6-13(8-16-14-4-5-14)7-11(2)15(10)18-9-12(3)17/h6-7,12,14,16-17H,4-5,8-9H2,1-3H3. The molecule has 1 aromatic rings. The molecule has 1 fully saturated rings. The summed E-state index contributed by atoms with van der Waals surface area (Å²) in [6, 6.07) is 5.07. The van der Waals surface area contributed by atoms with Crippen LogP contribution in [0.5, 0.6) is 5.75 Å². The summed E-state index contributed by atoms with van der Waals surface area (Å²) in [6.45, 7) is 7.14. The van der Waals surface area contributed by atoms with E-state index < -0.39 is 6.10 Å². The number of hydrogen-bond acceptors (Lipinski definition) is 3. The van der Waals surface area contributed by atoms with Gasteiger partial charge in [0.2, 0.25) is 0 Å². The number of aliphatic hydroxyl groups excluding tert-OH is 1. The van der Waals surface area contributed by atoms with Crippen LogP contribution in [-0.4, -0.2) is 23.9 Å². The van der Waals surface area contributed by atoms with Crippen molar-refractivity contribution in [3.05, 3.63) is 28.8 Å². The summed E-state index contributed by atoms with van der Waals surface area (Å²) in [5, 5.41) is 12.8. The molecule has 0 saturated heterocycles. The molecular formula is C15H23NO2. The highest BCUT2D eigenvalue weighted by Gasteiger charge is 2.20. The van der Waals surface area contributed by atoms with Crippen molar-refractivity contribution in [3.63, 3.8) is 0 Å². The molecule has 1 unspecified atom stereocenters. The SMILES string of the molecule is Cc1cc(CNC2CC2)cc(C)c1OCC(C)O. The van der Waals surface area contributed by atoms with E-state index in [1.54, 1.807) is 6.92 Å². The van der Waals surface area contributed by atoms with E-state index in [4.69, 9.17) is 4.74 Å². The molecule has 1 saturated carbocycles. The average Bonchev–Trinajstić information content (AvgIpc) is 3.08. The second-order valence-electron chi connectivity index (χ2n) is 5.37. The molecule has 0 aromatic heterocycles. The van der Waals surface area contributed by atoms with Crippen LogP contribution in [0.25, 0.3) is 0 Å². The predicted molar refractivity (Wildman–Crippen MR) is 73.0 cm³/mol. The first-order chi connectivity index (χ1) is 8.56. The Kier molecular flexibility index (Phi) is 4.25. The Bertz CT molecular complexity index is 388. The number of benzene rings is 1. The topological polar surface area (TPSA) is 41.5 Å². The highest BCUT2D eigenvalue weighted by Crippen LogP contribution is 2.26. The Morgan fingerprint density at radius 3 is 2.44 bits per heavy atom. The van der Waals surface area contributed by atoms with Gasteiger partial charge in [-0.1, -0.05) is 12.1 Å². The van der Waals surface area contributed by atoms with Crippen LogP contribution in [0.2, 0.25) is 0 Å². The smallest absolute Gasteiger partial charge is 0.125 e. The van der Waals surface area contributed by atoms with Gasteiger partial charge in [0.1, 0.15) is 12.4 Å². The van der Waals surface area contributed by atoms with Gasteiger partial charge in [0.15, 0.2) is 0 Å². The number of hydrogen-bond donors (Lipinski definition) is 2. The monoisotopic (exact) mass is 249 g/mol. The first-order valence-electron chi connectivity index (χ1n) is 6.70. The molecule has 0 aliphatic heterocycles. The maximum absolute atomic E-state index is 9.27. The van der Waals surface area contributed by atoms with Gasteiger partial charge in [-0.05, 0) is 50.3 Å². The second kappa shape index (κ2) is 5.72. The van der Waals surface area contributed by atoms with Crippen LogP contribution in [0.3, 0.4) is 0 Å². The van der Waals surface area contributed by atoms with E-state index in [0.717, 1.165) is 29.5 Å². The molecule has 0 radical (unpaired) electrons. The summed E-state index contributed by atoms with van der Waals surface area (Å²) in [4.78, 5) is 0. The Morgan fingerprint density at radius 2 is 1.94 bits per heavy atom. The molecule has 1 aliphatic rings. The molecule has 0 bridgehead atoms. The zero-order valence-corrected chi connectivity index (χ0v) is 11.5. The molecule has 18 heavy (non-hydrogen) atoms. The van der Waals surface area contributed by atoms with Crippen LogP contribution in [0.4, 0.5) is 0 Å². The van der Waals surface area contributed by atoms with Crippen molar-refractivity contribution in [1.82, 2.24) is 5.32 Å². The van der Waals surface area contributed by atoms with Gasteiger partial charge in [-0.2, -0.15) is 0 Å². The summed E-state index contributed by atoms with van der Waals surface area (Å²) in [6.07, 6.45) is 2.20. The fourth-order valence-corrected chi connectivity index (χ4v) is 2.12. The van der Waals surface area contributed by atoms with Crippen LogP contribution in [0, 0.1) is 13.8 Å². The van der Waals surface area contributed by atoms with E-state index >= 15 is 0 Å². The zero-order valence-electron chi connectivity index (χ0n) is 11.5. The van der Waals surface area contributed by atoms with E-state index in [2.05, 4.69) is 31.3 Å². The van der Waals surface area contributed by atoms with Crippen LogP contribution >= 0.6 is 0 Å². The summed E-state index contributed by atoms with van der Waals surface area (Å²) in [5.74, 6) is 0.908. The lowest BCUT2D eigenvalue weighted by molar-refractivity contribution is 0.122. The molecule has 3 heteroatoms. The molecule has 1 atom stereocenters. The van der Waals surface area contributed by atoms with Crippen molar-refractivity contribution in [2.45, 2.75) is 52.3 Å². The predicted octanol–water partition coefficient (Wildman–Crippen LogP) is 2.32. The summed E-state index contributed by atoms with van der Waals surface area (Å²) in [7, 11) is 0. The zero-order chi connectivity index (χ0) is 13.1. The lowest BCUT2D eigenvalue weighted by Crippen LogP contribution is -2.16. The minimum atomic E-state index is -0.431. The lowest BCUT2D eigenvalue weighted by Gasteiger charge is -2.15. The Morgan fingerprint density at radius 1 is 1.33 bits per heavy atom. The van der Waals surface area contributed by atoms with Crippen molar-refractivity contribution in [2.24, 2.45) is 0 Å². The number of rotatable bonds is 6. The summed E-state index contributed by atoms with van der Waals surface area (Å²) >= 11 is 0. The molecule has 1 aromatic carbocycles. The molecule has 1 aliphatic carbocycles. The van der Waals surface area contributed by atoms with E-state index in [-0.39, 0.29) is 0 Å². The van der Waals surface area contributed by atoms with Gasteiger partial charge >= 0.3 is 0 Å². The molecular weight excluding hydrogens is 226 g/mol. The lowest BCUT2D eigenvalue weighted by atomic mass is 10.1. The van der Waals surface area contributed by atoms with Crippen molar-refractivity contribution in [1.29, 1.82) is 0 Å². The molecule has 100 valence electrons. The van der Waals surface area contributed by atoms with E-state index in [9.17, 15) is 5.11 Å². The normalized spacial score (nSPS) is 16.7. The molecule has 0 amide bonds.